The number of amides is 1. The second-order valence-electron chi connectivity index (χ2n) is 3.95. The molecule has 0 saturated heterocycles. The number of rotatable bonds is 2. The van der Waals surface area contributed by atoms with Crippen molar-refractivity contribution < 1.29 is 4.79 Å². The van der Waals surface area contributed by atoms with Crippen molar-refractivity contribution in [3.05, 3.63) is 28.2 Å². The lowest BCUT2D eigenvalue weighted by Crippen LogP contribution is -2.45. The first-order valence-corrected chi connectivity index (χ1v) is 5.86. The molecular formula is C11H10N4OS. The molecule has 2 rings (SSSR count). The predicted octanol–water partition coefficient (Wildman–Crippen LogP) is 0.789. The summed E-state index contributed by atoms with van der Waals surface area (Å²) in [6, 6.07) is 1.30. The molecule has 1 aromatic heterocycles. The first kappa shape index (κ1) is 11.5. The molecule has 2 N–H and O–H groups in total. The van der Waals surface area contributed by atoms with E-state index in [9.17, 15) is 4.79 Å². The van der Waals surface area contributed by atoms with Gasteiger partial charge in [0.15, 0.2) is 0 Å². The van der Waals surface area contributed by atoms with Crippen LogP contribution in [-0.4, -0.2) is 23.1 Å². The number of dihydropyridines is 1. The number of nitrogens with zero attached hydrogens (tertiary/aromatic N) is 3. The quantitative estimate of drug-likeness (QED) is 0.836. The molecule has 1 aliphatic rings. The lowest BCUT2D eigenvalue weighted by atomic mass is 9.76. The van der Waals surface area contributed by atoms with Crippen LogP contribution in [0.1, 0.15) is 12.6 Å². The van der Waals surface area contributed by atoms with Gasteiger partial charge in [-0.3, -0.25) is 9.79 Å². The Labute approximate surface area is 102 Å². The SMILES string of the molecule is CC1(c2cscn2)C=C(C#N)C=NC1C(N)=O. The highest BCUT2D eigenvalue weighted by molar-refractivity contribution is 7.07. The molecule has 0 saturated carbocycles. The van der Waals surface area contributed by atoms with Gasteiger partial charge >= 0.3 is 0 Å². The number of nitriles is 1. The number of carbonyl (C=O) groups is 1. The molecule has 1 aliphatic heterocycles. The van der Waals surface area contributed by atoms with Crippen LogP contribution in [0.15, 0.2) is 27.5 Å². The molecule has 1 aromatic rings. The van der Waals surface area contributed by atoms with Gasteiger partial charge in [-0.25, -0.2) is 4.98 Å². The summed E-state index contributed by atoms with van der Waals surface area (Å²) in [5, 5.41) is 10.7. The van der Waals surface area contributed by atoms with Gasteiger partial charge in [-0.1, -0.05) is 6.08 Å². The Morgan fingerprint density at radius 2 is 2.47 bits per heavy atom. The van der Waals surface area contributed by atoms with Crippen LogP contribution < -0.4 is 5.73 Å². The molecule has 2 unspecified atom stereocenters. The Morgan fingerprint density at radius 3 is 3.00 bits per heavy atom. The second-order valence-corrected chi connectivity index (χ2v) is 4.67. The average molecular weight is 246 g/mol. The first-order chi connectivity index (χ1) is 8.08. The zero-order valence-electron chi connectivity index (χ0n) is 9.12. The van der Waals surface area contributed by atoms with E-state index in [4.69, 9.17) is 11.0 Å². The van der Waals surface area contributed by atoms with Crippen LogP contribution in [0.2, 0.25) is 0 Å². The summed E-state index contributed by atoms with van der Waals surface area (Å²) in [7, 11) is 0. The number of nitrogens with two attached hydrogens (primary N) is 1. The van der Waals surface area contributed by atoms with Crippen LogP contribution in [0.3, 0.4) is 0 Å². The zero-order chi connectivity index (χ0) is 12.5. The van der Waals surface area contributed by atoms with Crippen LogP contribution >= 0.6 is 11.3 Å². The lowest BCUT2D eigenvalue weighted by molar-refractivity contribution is -0.120. The minimum Gasteiger partial charge on any atom is -0.368 e. The summed E-state index contributed by atoms with van der Waals surface area (Å²) >= 11 is 1.43. The molecule has 17 heavy (non-hydrogen) atoms. The van der Waals surface area contributed by atoms with Crippen LogP contribution in [-0.2, 0) is 10.2 Å². The molecular weight excluding hydrogens is 236 g/mol. The number of primary amides is 1. The molecule has 2 atom stereocenters. The van der Waals surface area contributed by atoms with Gasteiger partial charge in [-0.2, -0.15) is 5.26 Å². The Bertz CT molecular complexity index is 540. The second kappa shape index (κ2) is 4.11. The van der Waals surface area contributed by atoms with E-state index in [0.717, 1.165) is 0 Å². The maximum atomic E-state index is 11.4. The average Bonchev–Trinajstić information content (AvgIpc) is 2.82. The van der Waals surface area contributed by atoms with Gasteiger partial charge in [0.25, 0.3) is 0 Å². The Hall–Kier alpha value is -2.00. The number of allylic oxidation sites excluding steroid dienone is 1. The van der Waals surface area contributed by atoms with E-state index in [1.807, 2.05) is 18.4 Å². The zero-order valence-corrected chi connectivity index (χ0v) is 9.94. The number of carbonyl (C=O) groups excluding carboxylic acids is 1. The molecule has 6 heteroatoms. The van der Waals surface area contributed by atoms with Gasteiger partial charge in [0.1, 0.15) is 12.1 Å². The lowest BCUT2D eigenvalue weighted by Gasteiger charge is -2.31. The summed E-state index contributed by atoms with van der Waals surface area (Å²) in [4.78, 5) is 19.7. The van der Waals surface area contributed by atoms with E-state index in [2.05, 4.69) is 9.98 Å². The van der Waals surface area contributed by atoms with E-state index >= 15 is 0 Å². The standard InChI is InChI=1S/C11H10N4OS/c1-11(8-5-17-6-15-8)2-7(3-12)4-14-9(11)10(13)16/h2,4-6,9H,1H3,(H2,13,16). The summed E-state index contributed by atoms with van der Waals surface area (Å²) in [6.07, 6.45) is 3.08. The van der Waals surface area contributed by atoms with E-state index < -0.39 is 17.4 Å². The molecule has 2 heterocycles. The maximum Gasteiger partial charge on any atom is 0.243 e. The third-order valence-corrected chi connectivity index (χ3v) is 3.36. The monoisotopic (exact) mass is 246 g/mol. The third kappa shape index (κ3) is 1.85. The van der Waals surface area contributed by atoms with Gasteiger partial charge < -0.3 is 5.73 Å². The van der Waals surface area contributed by atoms with Crippen LogP contribution in [0, 0.1) is 11.3 Å². The van der Waals surface area contributed by atoms with Crippen molar-refractivity contribution in [2.24, 2.45) is 10.7 Å². The highest BCUT2D eigenvalue weighted by Crippen LogP contribution is 2.34. The minimum absolute atomic E-state index is 0.415. The molecule has 0 bridgehead atoms. The van der Waals surface area contributed by atoms with Crippen molar-refractivity contribution in [3.8, 4) is 6.07 Å². The molecule has 5 nitrogen and oxygen atoms in total. The fraction of sp³-hybridized carbons (Fsp3) is 0.273. The minimum atomic E-state index is -0.744. The molecule has 0 aliphatic carbocycles. The summed E-state index contributed by atoms with van der Waals surface area (Å²) in [6.45, 7) is 1.81. The number of hydrogen-bond donors (Lipinski definition) is 1. The Balaban J connectivity index is 2.54. The van der Waals surface area contributed by atoms with Gasteiger partial charge in [0, 0.05) is 11.6 Å². The smallest absolute Gasteiger partial charge is 0.243 e. The topological polar surface area (TPSA) is 92.1 Å². The number of thiazole rings is 1. The van der Waals surface area contributed by atoms with Crippen molar-refractivity contribution in [2.75, 3.05) is 0 Å². The van der Waals surface area contributed by atoms with Crippen molar-refractivity contribution >= 4 is 23.5 Å². The fourth-order valence-corrected chi connectivity index (χ4v) is 2.55. The van der Waals surface area contributed by atoms with E-state index in [-0.39, 0.29) is 0 Å². The maximum absolute atomic E-state index is 11.4. The largest absolute Gasteiger partial charge is 0.368 e. The Kier molecular flexibility index (Phi) is 2.77. The van der Waals surface area contributed by atoms with E-state index in [1.54, 1.807) is 11.6 Å². The van der Waals surface area contributed by atoms with E-state index in [0.29, 0.717) is 11.3 Å². The third-order valence-electron chi connectivity index (χ3n) is 2.77. The summed E-state index contributed by atoms with van der Waals surface area (Å²) < 4.78 is 0. The van der Waals surface area contributed by atoms with E-state index in [1.165, 1.54) is 17.6 Å². The van der Waals surface area contributed by atoms with Crippen molar-refractivity contribution in [1.29, 1.82) is 5.26 Å². The predicted molar refractivity (Wildman–Crippen MR) is 64.6 cm³/mol. The normalized spacial score (nSPS) is 27.3. The number of hydrogen-bond acceptors (Lipinski definition) is 5. The van der Waals surface area contributed by atoms with Crippen molar-refractivity contribution in [1.82, 2.24) is 4.98 Å². The molecule has 86 valence electrons. The Morgan fingerprint density at radius 1 is 1.71 bits per heavy atom. The molecule has 1 amide bonds. The van der Waals surface area contributed by atoms with Crippen LogP contribution in [0.4, 0.5) is 0 Å². The van der Waals surface area contributed by atoms with Gasteiger partial charge in [-0.15, -0.1) is 11.3 Å². The van der Waals surface area contributed by atoms with Gasteiger partial charge in [-0.05, 0) is 6.92 Å². The highest BCUT2D eigenvalue weighted by atomic mass is 32.1. The summed E-state index contributed by atoms with van der Waals surface area (Å²) in [5.74, 6) is -0.523. The number of aromatic nitrogens is 1. The van der Waals surface area contributed by atoms with Gasteiger partial charge in [0.2, 0.25) is 5.91 Å². The van der Waals surface area contributed by atoms with Crippen LogP contribution in [0.25, 0.3) is 0 Å². The van der Waals surface area contributed by atoms with Gasteiger partial charge in [0.05, 0.1) is 22.2 Å². The molecule has 0 fully saturated rings. The first-order valence-electron chi connectivity index (χ1n) is 4.92. The molecule has 0 spiro atoms. The number of aliphatic imine (C=N–C) groups is 1. The highest BCUT2D eigenvalue weighted by Gasteiger charge is 2.41. The van der Waals surface area contributed by atoms with Crippen molar-refractivity contribution in [2.45, 2.75) is 18.4 Å². The molecule has 0 radical (unpaired) electrons. The fourth-order valence-electron chi connectivity index (χ4n) is 1.87. The van der Waals surface area contributed by atoms with Crippen LogP contribution in [0.5, 0.6) is 0 Å². The van der Waals surface area contributed by atoms with Crippen molar-refractivity contribution in [3.63, 3.8) is 0 Å². The summed E-state index contributed by atoms with van der Waals surface area (Å²) in [5.41, 5.74) is 7.40. The molecule has 0 aromatic carbocycles.